The van der Waals surface area contributed by atoms with Crippen molar-refractivity contribution in [1.29, 1.82) is 0 Å². The molecule has 0 saturated carbocycles. The van der Waals surface area contributed by atoms with E-state index in [-0.39, 0.29) is 6.29 Å². The fraction of sp³-hybridized carbons (Fsp3) is 0.125. The molecule has 0 N–H and O–H groups in total. The van der Waals surface area contributed by atoms with Gasteiger partial charge in [-0.3, -0.25) is 4.98 Å². The molecular weight excluding hydrogens is 222 g/mol. The van der Waals surface area contributed by atoms with Crippen LogP contribution in [0, 0.1) is 0 Å². The SMILES string of the molecule is Brc1ccnc(C2OC=CO2)c1. The summed E-state index contributed by atoms with van der Waals surface area (Å²) in [6, 6.07) is 3.71. The van der Waals surface area contributed by atoms with Crippen LogP contribution in [-0.2, 0) is 9.47 Å². The summed E-state index contributed by atoms with van der Waals surface area (Å²) in [5.74, 6) is 0. The van der Waals surface area contributed by atoms with E-state index < -0.39 is 0 Å². The lowest BCUT2D eigenvalue weighted by molar-refractivity contribution is -0.0279. The summed E-state index contributed by atoms with van der Waals surface area (Å²) >= 11 is 3.34. The summed E-state index contributed by atoms with van der Waals surface area (Å²) in [5.41, 5.74) is 0.759. The quantitative estimate of drug-likeness (QED) is 0.739. The van der Waals surface area contributed by atoms with Crippen LogP contribution in [0.1, 0.15) is 12.0 Å². The van der Waals surface area contributed by atoms with E-state index in [2.05, 4.69) is 20.9 Å². The van der Waals surface area contributed by atoms with Crippen molar-refractivity contribution in [1.82, 2.24) is 4.98 Å². The number of hydrogen-bond acceptors (Lipinski definition) is 3. The summed E-state index contributed by atoms with van der Waals surface area (Å²) in [6.07, 6.45) is 4.33. The van der Waals surface area contributed by atoms with E-state index in [0.29, 0.717) is 0 Å². The molecule has 0 unspecified atom stereocenters. The Balaban J connectivity index is 2.22. The number of hydrogen-bond donors (Lipinski definition) is 0. The Morgan fingerprint density at radius 1 is 1.33 bits per heavy atom. The highest BCUT2D eigenvalue weighted by Gasteiger charge is 2.16. The van der Waals surface area contributed by atoms with Gasteiger partial charge < -0.3 is 9.47 Å². The van der Waals surface area contributed by atoms with Crippen LogP contribution in [0.3, 0.4) is 0 Å². The van der Waals surface area contributed by atoms with E-state index >= 15 is 0 Å². The summed E-state index contributed by atoms with van der Waals surface area (Å²) < 4.78 is 11.2. The van der Waals surface area contributed by atoms with Crippen LogP contribution in [0.4, 0.5) is 0 Å². The third kappa shape index (κ3) is 1.43. The first kappa shape index (κ1) is 7.61. The molecule has 0 radical (unpaired) electrons. The van der Waals surface area contributed by atoms with Gasteiger partial charge >= 0.3 is 0 Å². The van der Waals surface area contributed by atoms with Crippen molar-refractivity contribution in [3.8, 4) is 0 Å². The van der Waals surface area contributed by atoms with Gasteiger partial charge in [0.25, 0.3) is 6.29 Å². The molecule has 2 rings (SSSR count). The van der Waals surface area contributed by atoms with Gasteiger partial charge in [-0.2, -0.15) is 0 Å². The molecule has 0 saturated heterocycles. The molecule has 0 aliphatic carbocycles. The second-order valence-electron chi connectivity index (χ2n) is 2.28. The molecule has 0 spiro atoms. The van der Waals surface area contributed by atoms with Gasteiger partial charge in [0, 0.05) is 10.7 Å². The highest BCUT2D eigenvalue weighted by molar-refractivity contribution is 9.10. The molecule has 4 heteroatoms. The van der Waals surface area contributed by atoms with Crippen molar-refractivity contribution >= 4 is 15.9 Å². The lowest BCUT2D eigenvalue weighted by Gasteiger charge is -2.08. The molecule has 1 aliphatic rings. The normalized spacial score (nSPS) is 15.8. The monoisotopic (exact) mass is 227 g/mol. The Morgan fingerprint density at radius 2 is 2.08 bits per heavy atom. The maximum absolute atomic E-state index is 5.11. The van der Waals surface area contributed by atoms with Crippen molar-refractivity contribution in [2.45, 2.75) is 6.29 Å². The van der Waals surface area contributed by atoms with E-state index in [0.717, 1.165) is 10.2 Å². The minimum atomic E-state index is -0.387. The first-order valence-electron chi connectivity index (χ1n) is 3.43. The van der Waals surface area contributed by atoms with Gasteiger partial charge in [-0.25, -0.2) is 0 Å². The van der Waals surface area contributed by atoms with Crippen molar-refractivity contribution in [2.75, 3.05) is 0 Å². The minimum Gasteiger partial charge on any atom is -0.454 e. The predicted octanol–water partition coefficient (Wildman–Crippen LogP) is 2.36. The molecule has 12 heavy (non-hydrogen) atoms. The van der Waals surface area contributed by atoms with Gasteiger partial charge in [0.15, 0.2) is 0 Å². The third-order valence-corrected chi connectivity index (χ3v) is 1.94. The zero-order valence-electron chi connectivity index (χ0n) is 6.11. The Bertz CT molecular complexity index is 306. The maximum Gasteiger partial charge on any atom is 0.283 e. The Kier molecular flexibility index (Phi) is 1.99. The first-order chi connectivity index (χ1) is 5.86. The molecule has 1 aromatic rings. The second kappa shape index (κ2) is 3.15. The standard InChI is InChI=1S/C8H6BrNO2/c9-6-1-2-10-7(5-6)8-11-3-4-12-8/h1-5,8H. The molecule has 0 aromatic carbocycles. The number of aromatic nitrogens is 1. The molecular formula is C8H6BrNO2. The molecule has 62 valence electrons. The van der Waals surface area contributed by atoms with Crippen molar-refractivity contribution in [2.24, 2.45) is 0 Å². The highest BCUT2D eigenvalue weighted by Crippen LogP contribution is 2.23. The number of ether oxygens (including phenoxy) is 2. The van der Waals surface area contributed by atoms with Crippen molar-refractivity contribution < 1.29 is 9.47 Å². The van der Waals surface area contributed by atoms with E-state index in [1.165, 1.54) is 12.5 Å². The van der Waals surface area contributed by atoms with Gasteiger partial charge in [-0.05, 0) is 12.1 Å². The smallest absolute Gasteiger partial charge is 0.283 e. The zero-order chi connectivity index (χ0) is 8.39. The van der Waals surface area contributed by atoms with Crippen LogP contribution in [0.2, 0.25) is 0 Å². The van der Waals surface area contributed by atoms with Crippen LogP contribution in [0.5, 0.6) is 0 Å². The largest absolute Gasteiger partial charge is 0.454 e. The molecule has 0 fully saturated rings. The summed E-state index contributed by atoms with van der Waals surface area (Å²) in [4.78, 5) is 4.10. The van der Waals surface area contributed by atoms with Crippen molar-refractivity contribution in [3.05, 3.63) is 41.0 Å². The van der Waals surface area contributed by atoms with Crippen LogP contribution >= 0.6 is 15.9 Å². The van der Waals surface area contributed by atoms with Crippen LogP contribution in [0.15, 0.2) is 35.3 Å². The van der Waals surface area contributed by atoms with Crippen LogP contribution in [-0.4, -0.2) is 4.98 Å². The number of rotatable bonds is 1. The Labute approximate surface area is 78.1 Å². The summed E-state index contributed by atoms with van der Waals surface area (Å²) in [6.45, 7) is 0. The van der Waals surface area contributed by atoms with Gasteiger partial charge in [0.2, 0.25) is 0 Å². The lowest BCUT2D eigenvalue weighted by atomic mass is 10.3. The lowest BCUT2D eigenvalue weighted by Crippen LogP contribution is -1.99. The number of nitrogens with zero attached hydrogens (tertiary/aromatic N) is 1. The molecule has 2 heterocycles. The fourth-order valence-corrected chi connectivity index (χ4v) is 1.28. The highest BCUT2D eigenvalue weighted by atomic mass is 79.9. The van der Waals surface area contributed by atoms with Gasteiger partial charge in [-0.1, -0.05) is 15.9 Å². The molecule has 0 bridgehead atoms. The molecule has 3 nitrogen and oxygen atoms in total. The molecule has 0 atom stereocenters. The third-order valence-electron chi connectivity index (χ3n) is 1.44. The summed E-state index contributed by atoms with van der Waals surface area (Å²) in [5, 5.41) is 0. The van der Waals surface area contributed by atoms with Crippen molar-refractivity contribution in [3.63, 3.8) is 0 Å². The van der Waals surface area contributed by atoms with E-state index in [1.54, 1.807) is 6.20 Å². The first-order valence-corrected chi connectivity index (χ1v) is 4.23. The average Bonchev–Trinajstić information content (AvgIpc) is 2.56. The Hall–Kier alpha value is -1.03. The van der Waals surface area contributed by atoms with Crippen LogP contribution in [0.25, 0.3) is 0 Å². The topological polar surface area (TPSA) is 31.4 Å². The zero-order valence-corrected chi connectivity index (χ0v) is 7.69. The second-order valence-corrected chi connectivity index (χ2v) is 3.19. The number of pyridine rings is 1. The predicted molar refractivity (Wildman–Crippen MR) is 46.0 cm³/mol. The maximum atomic E-state index is 5.11. The number of halogens is 1. The summed E-state index contributed by atoms with van der Waals surface area (Å²) in [7, 11) is 0. The van der Waals surface area contributed by atoms with E-state index in [4.69, 9.17) is 9.47 Å². The Morgan fingerprint density at radius 3 is 2.75 bits per heavy atom. The molecule has 1 aliphatic heterocycles. The molecule has 1 aromatic heterocycles. The van der Waals surface area contributed by atoms with Gasteiger partial charge in [0.05, 0.1) is 0 Å². The molecule has 0 amide bonds. The van der Waals surface area contributed by atoms with Gasteiger partial charge in [-0.15, -0.1) is 0 Å². The van der Waals surface area contributed by atoms with Crippen LogP contribution < -0.4 is 0 Å². The van der Waals surface area contributed by atoms with E-state index in [1.807, 2.05) is 12.1 Å². The van der Waals surface area contributed by atoms with E-state index in [9.17, 15) is 0 Å². The average molecular weight is 228 g/mol. The fourth-order valence-electron chi connectivity index (χ4n) is 0.928. The van der Waals surface area contributed by atoms with Gasteiger partial charge in [0.1, 0.15) is 18.2 Å². The minimum absolute atomic E-state index is 0.387.